The number of furan rings is 1. The van der Waals surface area contributed by atoms with Crippen LogP contribution in [-0.4, -0.2) is 20.8 Å². The third-order valence-electron chi connectivity index (χ3n) is 2.72. The van der Waals surface area contributed by atoms with Crippen molar-refractivity contribution in [2.75, 3.05) is 0 Å². The molecule has 2 heterocycles. The highest BCUT2D eigenvalue weighted by Crippen LogP contribution is 2.23. The Balaban J connectivity index is 2.46. The van der Waals surface area contributed by atoms with Gasteiger partial charge in [0.2, 0.25) is 0 Å². The van der Waals surface area contributed by atoms with E-state index in [4.69, 9.17) is 10.2 Å². The van der Waals surface area contributed by atoms with Gasteiger partial charge >= 0.3 is 0 Å². The van der Waals surface area contributed by atoms with Crippen molar-refractivity contribution in [3.63, 3.8) is 0 Å². The molecule has 2 rings (SSSR count). The lowest BCUT2D eigenvalue weighted by Crippen LogP contribution is -2.31. The van der Waals surface area contributed by atoms with Gasteiger partial charge in [-0.1, -0.05) is 0 Å². The zero-order valence-electron chi connectivity index (χ0n) is 10.6. The second kappa shape index (κ2) is 4.33. The molecule has 0 saturated carbocycles. The van der Waals surface area contributed by atoms with E-state index in [9.17, 15) is 0 Å². The summed E-state index contributed by atoms with van der Waals surface area (Å²) < 4.78 is 7.49. The number of hydrogen-bond acceptors (Lipinski definition) is 4. The molecule has 2 unspecified atom stereocenters. The summed E-state index contributed by atoms with van der Waals surface area (Å²) in [6, 6.07) is 3.68. The maximum atomic E-state index is 6.04. The van der Waals surface area contributed by atoms with E-state index in [1.165, 1.54) is 0 Å². The van der Waals surface area contributed by atoms with Crippen molar-refractivity contribution < 1.29 is 4.42 Å². The van der Waals surface area contributed by atoms with E-state index in [0.29, 0.717) is 0 Å². The van der Waals surface area contributed by atoms with Crippen LogP contribution in [0.15, 0.2) is 16.5 Å². The summed E-state index contributed by atoms with van der Waals surface area (Å²) in [5.74, 6) is 3.29. The number of aryl methyl sites for hydroxylation is 3. The van der Waals surface area contributed by atoms with Crippen molar-refractivity contribution in [3.05, 3.63) is 35.3 Å². The van der Waals surface area contributed by atoms with E-state index in [1.807, 2.05) is 44.5 Å². The first-order chi connectivity index (χ1) is 7.99. The second-order valence-electron chi connectivity index (χ2n) is 4.40. The summed E-state index contributed by atoms with van der Waals surface area (Å²) in [5, 5.41) is 4.38. The van der Waals surface area contributed by atoms with Gasteiger partial charge in [-0.2, -0.15) is 5.10 Å². The van der Waals surface area contributed by atoms with Gasteiger partial charge in [0.1, 0.15) is 29.2 Å². The van der Waals surface area contributed by atoms with Crippen molar-refractivity contribution in [1.82, 2.24) is 14.8 Å². The third kappa shape index (κ3) is 2.24. The Morgan fingerprint density at radius 2 is 2.00 bits per heavy atom. The third-order valence-corrected chi connectivity index (χ3v) is 2.72. The topological polar surface area (TPSA) is 69.9 Å². The fourth-order valence-corrected chi connectivity index (χ4v) is 2.01. The lowest BCUT2D eigenvalue weighted by molar-refractivity contribution is 0.354. The highest BCUT2D eigenvalue weighted by atomic mass is 16.3. The zero-order chi connectivity index (χ0) is 12.6. The monoisotopic (exact) mass is 234 g/mol. The van der Waals surface area contributed by atoms with Crippen LogP contribution in [0.4, 0.5) is 0 Å². The molecule has 0 bridgehead atoms. The summed E-state index contributed by atoms with van der Waals surface area (Å²) in [6.45, 7) is 7.65. The Morgan fingerprint density at radius 1 is 1.29 bits per heavy atom. The minimum atomic E-state index is -0.107. The van der Waals surface area contributed by atoms with Crippen molar-refractivity contribution in [1.29, 1.82) is 0 Å². The summed E-state index contributed by atoms with van der Waals surface area (Å²) in [5.41, 5.74) is 6.04. The average Bonchev–Trinajstić information content (AvgIpc) is 2.75. The maximum absolute atomic E-state index is 6.04. The Morgan fingerprint density at radius 3 is 2.41 bits per heavy atom. The molecular formula is C12H18N4O. The molecule has 0 radical (unpaired) electrons. The molecule has 0 amide bonds. The SMILES string of the molecule is Cc1nc(C)n(C(c2ccc(C)o2)C(C)N)n1. The first-order valence-electron chi connectivity index (χ1n) is 5.70. The quantitative estimate of drug-likeness (QED) is 0.878. The van der Waals surface area contributed by atoms with Crippen molar-refractivity contribution in [2.45, 2.75) is 39.8 Å². The van der Waals surface area contributed by atoms with Gasteiger partial charge in [-0.25, -0.2) is 9.67 Å². The van der Waals surface area contributed by atoms with Crippen LogP contribution < -0.4 is 5.73 Å². The molecule has 0 aliphatic carbocycles. The van der Waals surface area contributed by atoms with E-state index in [2.05, 4.69) is 10.1 Å². The van der Waals surface area contributed by atoms with E-state index in [0.717, 1.165) is 23.2 Å². The van der Waals surface area contributed by atoms with E-state index in [-0.39, 0.29) is 12.1 Å². The molecule has 92 valence electrons. The molecule has 0 aromatic carbocycles. The Bertz CT molecular complexity index is 512. The molecule has 2 atom stereocenters. The Hall–Kier alpha value is -1.62. The van der Waals surface area contributed by atoms with Crippen LogP contribution in [0.1, 0.15) is 36.1 Å². The first-order valence-corrected chi connectivity index (χ1v) is 5.70. The minimum Gasteiger partial charge on any atom is -0.464 e. The van der Waals surface area contributed by atoms with Gasteiger partial charge in [0, 0.05) is 6.04 Å². The average molecular weight is 234 g/mol. The molecule has 2 aromatic heterocycles. The maximum Gasteiger partial charge on any atom is 0.147 e. The van der Waals surface area contributed by atoms with Gasteiger partial charge in [0.05, 0.1) is 0 Å². The molecule has 0 saturated heterocycles. The minimum absolute atomic E-state index is 0.0969. The Kier molecular flexibility index (Phi) is 3.02. The van der Waals surface area contributed by atoms with E-state index >= 15 is 0 Å². The number of nitrogens with zero attached hydrogens (tertiary/aromatic N) is 3. The smallest absolute Gasteiger partial charge is 0.147 e. The van der Waals surface area contributed by atoms with Crippen LogP contribution >= 0.6 is 0 Å². The summed E-state index contributed by atoms with van der Waals surface area (Å²) in [7, 11) is 0. The molecule has 2 N–H and O–H groups in total. The zero-order valence-corrected chi connectivity index (χ0v) is 10.6. The molecular weight excluding hydrogens is 216 g/mol. The van der Waals surface area contributed by atoms with Crippen LogP contribution in [-0.2, 0) is 0 Å². The molecule has 2 aromatic rings. The summed E-state index contributed by atoms with van der Waals surface area (Å²) in [4.78, 5) is 4.30. The van der Waals surface area contributed by atoms with Crippen LogP contribution in [0.5, 0.6) is 0 Å². The molecule has 0 aliphatic heterocycles. The fourth-order valence-electron chi connectivity index (χ4n) is 2.01. The predicted octanol–water partition coefficient (Wildman–Crippen LogP) is 1.73. The number of hydrogen-bond donors (Lipinski definition) is 1. The van der Waals surface area contributed by atoms with Crippen LogP contribution in [0.3, 0.4) is 0 Å². The van der Waals surface area contributed by atoms with Crippen molar-refractivity contribution in [3.8, 4) is 0 Å². The lowest BCUT2D eigenvalue weighted by Gasteiger charge is -2.19. The summed E-state index contributed by atoms with van der Waals surface area (Å²) >= 11 is 0. The van der Waals surface area contributed by atoms with E-state index < -0.39 is 0 Å². The van der Waals surface area contributed by atoms with Gasteiger partial charge in [-0.15, -0.1) is 0 Å². The highest BCUT2D eigenvalue weighted by Gasteiger charge is 2.24. The van der Waals surface area contributed by atoms with Gasteiger partial charge < -0.3 is 10.2 Å². The predicted molar refractivity (Wildman–Crippen MR) is 64.7 cm³/mol. The molecule has 0 fully saturated rings. The van der Waals surface area contributed by atoms with Gasteiger partial charge in [0.15, 0.2) is 0 Å². The van der Waals surface area contributed by atoms with Crippen LogP contribution in [0.25, 0.3) is 0 Å². The summed E-state index contributed by atoms with van der Waals surface area (Å²) in [6.07, 6.45) is 0. The molecule has 0 aliphatic rings. The Labute approximate surface area is 101 Å². The number of aromatic nitrogens is 3. The van der Waals surface area contributed by atoms with Crippen LogP contribution in [0, 0.1) is 20.8 Å². The molecule has 0 spiro atoms. The number of nitrogens with two attached hydrogens (primary N) is 1. The molecule has 5 nitrogen and oxygen atoms in total. The fraction of sp³-hybridized carbons (Fsp3) is 0.500. The van der Waals surface area contributed by atoms with Crippen molar-refractivity contribution in [2.24, 2.45) is 5.73 Å². The van der Waals surface area contributed by atoms with Crippen LogP contribution in [0.2, 0.25) is 0 Å². The van der Waals surface area contributed by atoms with Crippen molar-refractivity contribution >= 4 is 0 Å². The number of rotatable bonds is 3. The van der Waals surface area contributed by atoms with Gasteiger partial charge in [-0.05, 0) is 39.8 Å². The first kappa shape index (κ1) is 11.9. The second-order valence-corrected chi connectivity index (χ2v) is 4.40. The van der Waals surface area contributed by atoms with E-state index in [1.54, 1.807) is 0 Å². The molecule has 5 heteroatoms. The standard InChI is InChI=1S/C12H18N4O/c1-7-5-6-11(17-7)12(8(2)13)16-10(4)14-9(3)15-16/h5-6,8,12H,13H2,1-4H3. The molecule has 17 heavy (non-hydrogen) atoms. The van der Waals surface area contributed by atoms with Gasteiger partial charge in [-0.3, -0.25) is 0 Å². The largest absolute Gasteiger partial charge is 0.464 e. The van der Waals surface area contributed by atoms with Gasteiger partial charge in [0.25, 0.3) is 0 Å². The highest BCUT2D eigenvalue weighted by molar-refractivity contribution is 5.13. The lowest BCUT2D eigenvalue weighted by atomic mass is 10.1. The normalized spacial score (nSPS) is 14.9.